The molecule has 0 bridgehead atoms. The highest BCUT2D eigenvalue weighted by atomic mass is 32.1. The third-order valence-corrected chi connectivity index (χ3v) is 3.82. The number of hydrogen-bond donors (Lipinski definition) is 1. The molecule has 0 aliphatic carbocycles. The van der Waals surface area contributed by atoms with E-state index in [1.165, 1.54) is 30.7 Å². The van der Waals surface area contributed by atoms with Crippen molar-refractivity contribution in [2.24, 2.45) is 0 Å². The van der Waals surface area contributed by atoms with Crippen LogP contribution in [-0.2, 0) is 6.54 Å². The van der Waals surface area contributed by atoms with Gasteiger partial charge in [0.25, 0.3) is 0 Å². The molecule has 2 rings (SSSR count). The summed E-state index contributed by atoms with van der Waals surface area (Å²) >= 11 is 1.48. The van der Waals surface area contributed by atoms with Crippen molar-refractivity contribution < 1.29 is 0 Å². The Bertz CT molecular complexity index is 340. The van der Waals surface area contributed by atoms with Gasteiger partial charge in [-0.15, -0.1) is 10.2 Å². The van der Waals surface area contributed by atoms with Crippen LogP contribution in [0.3, 0.4) is 0 Å². The van der Waals surface area contributed by atoms with E-state index >= 15 is 0 Å². The van der Waals surface area contributed by atoms with E-state index in [-0.39, 0.29) is 0 Å². The second-order valence-electron chi connectivity index (χ2n) is 4.51. The van der Waals surface area contributed by atoms with Gasteiger partial charge in [-0.3, -0.25) is 4.90 Å². The largest absolute Gasteiger partial charge is 0.374 e. The topological polar surface area (TPSA) is 58.3 Å². The molecule has 0 spiro atoms. The number of rotatable bonds is 4. The van der Waals surface area contributed by atoms with E-state index in [0.717, 1.165) is 18.1 Å². The van der Waals surface area contributed by atoms with E-state index in [0.29, 0.717) is 11.2 Å². The van der Waals surface area contributed by atoms with Crippen molar-refractivity contribution >= 4 is 16.5 Å². The number of likely N-dealkylation sites (N-methyl/N-ethyl adjacent to an activating group) is 2. The van der Waals surface area contributed by atoms with Crippen molar-refractivity contribution in [2.75, 3.05) is 32.9 Å². The molecule has 1 atom stereocenters. The molecule has 16 heavy (non-hydrogen) atoms. The maximum Gasteiger partial charge on any atom is 0.203 e. The summed E-state index contributed by atoms with van der Waals surface area (Å²) in [6.45, 7) is 3.17. The number of nitrogens with two attached hydrogens (primary N) is 1. The fraction of sp³-hybridized carbons (Fsp3) is 0.800. The van der Waals surface area contributed by atoms with E-state index in [1.807, 2.05) is 0 Å². The first-order valence-corrected chi connectivity index (χ1v) is 6.43. The van der Waals surface area contributed by atoms with Gasteiger partial charge in [-0.25, -0.2) is 0 Å². The number of likely N-dealkylation sites (tertiary alicyclic amines) is 1. The third-order valence-electron chi connectivity index (χ3n) is 3.08. The zero-order valence-electron chi connectivity index (χ0n) is 9.89. The summed E-state index contributed by atoms with van der Waals surface area (Å²) < 4.78 is 0. The fourth-order valence-corrected chi connectivity index (χ4v) is 2.89. The molecule has 1 saturated heterocycles. The Morgan fingerprint density at radius 2 is 2.38 bits per heavy atom. The monoisotopic (exact) mass is 241 g/mol. The van der Waals surface area contributed by atoms with Gasteiger partial charge < -0.3 is 10.6 Å². The maximum atomic E-state index is 5.56. The maximum absolute atomic E-state index is 5.56. The predicted molar refractivity (Wildman–Crippen MR) is 66.3 cm³/mol. The summed E-state index contributed by atoms with van der Waals surface area (Å²) in [5.74, 6) is 0. The number of hydrogen-bond acceptors (Lipinski definition) is 6. The lowest BCUT2D eigenvalue weighted by Gasteiger charge is -2.24. The minimum Gasteiger partial charge on any atom is -0.374 e. The molecule has 6 heteroatoms. The molecule has 2 heterocycles. The summed E-state index contributed by atoms with van der Waals surface area (Å²) in [6, 6.07) is 0.690. The summed E-state index contributed by atoms with van der Waals surface area (Å²) in [6.07, 6.45) is 2.62. The van der Waals surface area contributed by atoms with Gasteiger partial charge in [0.05, 0.1) is 6.54 Å². The molecule has 0 radical (unpaired) electrons. The lowest BCUT2D eigenvalue weighted by molar-refractivity contribution is 0.215. The average Bonchev–Trinajstić information content (AvgIpc) is 2.77. The van der Waals surface area contributed by atoms with E-state index in [4.69, 9.17) is 5.73 Å². The molecule has 90 valence electrons. The Labute approximate surface area is 100 Å². The first-order valence-electron chi connectivity index (χ1n) is 5.62. The minimum atomic E-state index is 0.557. The van der Waals surface area contributed by atoms with Gasteiger partial charge in [0.2, 0.25) is 5.13 Å². The van der Waals surface area contributed by atoms with Gasteiger partial charge in [-0.2, -0.15) is 0 Å². The van der Waals surface area contributed by atoms with Crippen molar-refractivity contribution in [3.8, 4) is 0 Å². The molecule has 2 N–H and O–H groups in total. The molecule has 0 saturated carbocycles. The molecule has 1 fully saturated rings. The molecule has 5 nitrogen and oxygen atoms in total. The van der Waals surface area contributed by atoms with Crippen LogP contribution in [0.15, 0.2) is 0 Å². The highest BCUT2D eigenvalue weighted by Crippen LogP contribution is 2.17. The lowest BCUT2D eigenvalue weighted by Crippen LogP contribution is -2.36. The first kappa shape index (κ1) is 11.8. The Morgan fingerprint density at radius 3 is 2.94 bits per heavy atom. The third kappa shape index (κ3) is 2.90. The zero-order valence-corrected chi connectivity index (χ0v) is 10.7. The van der Waals surface area contributed by atoms with Crippen molar-refractivity contribution in [3.05, 3.63) is 5.01 Å². The van der Waals surface area contributed by atoms with Gasteiger partial charge in [0.15, 0.2) is 0 Å². The van der Waals surface area contributed by atoms with E-state index in [9.17, 15) is 0 Å². The summed E-state index contributed by atoms with van der Waals surface area (Å²) in [5.41, 5.74) is 5.56. The molecule has 0 aromatic carbocycles. The van der Waals surface area contributed by atoms with E-state index in [1.54, 1.807) is 0 Å². The quantitative estimate of drug-likeness (QED) is 0.838. The molecular weight excluding hydrogens is 222 g/mol. The van der Waals surface area contributed by atoms with Crippen molar-refractivity contribution in [1.29, 1.82) is 0 Å². The minimum absolute atomic E-state index is 0.557. The van der Waals surface area contributed by atoms with Crippen LogP contribution in [0.1, 0.15) is 17.8 Å². The van der Waals surface area contributed by atoms with Crippen molar-refractivity contribution in [1.82, 2.24) is 20.0 Å². The van der Waals surface area contributed by atoms with Gasteiger partial charge in [-0.05, 0) is 33.5 Å². The Kier molecular flexibility index (Phi) is 3.73. The molecule has 1 unspecified atom stereocenters. The van der Waals surface area contributed by atoms with Crippen LogP contribution in [0, 0.1) is 0 Å². The Balaban J connectivity index is 1.82. The normalized spacial score (nSPS) is 22.1. The van der Waals surface area contributed by atoms with Crippen LogP contribution in [0.2, 0.25) is 0 Å². The molecule has 1 aliphatic heterocycles. The van der Waals surface area contributed by atoms with Crippen LogP contribution >= 0.6 is 11.3 Å². The van der Waals surface area contributed by atoms with Crippen LogP contribution in [0.5, 0.6) is 0 Å². The van der Waals surface area contributed by atoms with Gasteiger partial charge in [0.1, 0.15) is 5.01 Å². The predicted octanol–water partition coefficient (Wildman–Crippen LogP) is 0.646. The fourth-order valence-electron chi connectivity index (χ4n) is 2.20. The Hall–Kier alpha value is -0.720. The number of nitrogen functional groups attached to an aromatic ring is 1. The lowest BCUT2D eigenvalue weighted by atomic mass is 10.2. The molecule has 1 aromatic rings. The van der Waals surface area contributed by atoms with Gasteiger partial charge >= 0.3 is 0 Å². The first-order chi connectivity index (χ1) is 7.65. The summed E-state index contributed by atoms with van der Waals surface area (Å²) in [4.78, 5) is 4.73. The Morgan fingerprint density at radius 1 is 1.56 bits per heavy atom. The zero-order chi connectivity index (χ0) is 11.5. The smallest absolute Gasteiger partial charge is 0.203 e. The van der Waals surface area contributed by atoms with Crippen LogP contribution in [0.4, 0.5) is 5.13 Å². The molecular formula is C10H19N5S. The van der Waals surface area contributed by atoms with Crippen molar-refractivity contribution in [3.63, 3.8) is 0 Å². The van der Waals surface area contributed by atoms with Crippen LogP contribution < -0.4 is 5.73 Å². The summed E-state index contributed by atoms with van der Waals surface area (Å²) in [7, 11) is 4.33. The van der Waals surface area contributed by atoms with E-state index < -0.39 is 0 Å². The standard InChI is InChI=1S/C10H19N5S/c1-14(6-8-4-3-5-15(8)2)7-9-12-13-10(11)16-9/h8H,3-7H2,1-2H3,(H2,11,13). The second kappa shape index (κ2) is 5.07. The van der Waals surface area contributed by atoms with Crippen molar-refractivity contribution in [2.45, 2.75) is 25.4 Å². The van der Waals surface area contributed by atoms with Crippen LogP contribution in [-0.4, -0.2) is 53.2 Å². The molecule has 1 aromatic heterocycles. The number of nitrogens with zero attached hydrogens (tertiary/aromatic N) is 4. The summed E-state index contributed by atoms with van der Waals surface area (Å²) in [5, 5.41) is 9.42. The highest BCUT2D eigenvalue weighted by molar-refractivity contribution is 7.15. The molecule has 1 aliphatic rings. The van der Waals surface area contributed by atoms with Crippen LogP contribution in [0.25, 0.3) is 0 Å². The second-order valence-corrected chi connectivity index (χ2v) is 5.60. The number of anilines is 1. The highest BCUT2D eigenvalue weighted by Gasteiger charge is 2.22. The SMILES string of the molecule is CN(Cc1nnc(N)s1)CC1CCCN1C. The van der Waals surface area contributed by atoms with Gasteiger partial charge in [0, 0.05) is 12.6 Å². The molecule has 0 amide bonds. The number of aromatic nitrogens is 2. The average molecular weight is 241 g/mol. The van der Waals surface area contributed by atoms with E-state index in [2.05, 4.69) is 34.1 Å². The van der Waals surface area contributed by atoms with Gasteiger partial charge in [-0.1, -0.05) is 11.3 Å².